The molecule has 110 valence electrons. The van der Waals surface area contributed by atoms with E-state index in [1.54, 1.807) is 0 Å². The number of nitrogens with two attached hydrogens (primary N) is 1. The number of nitrogen functional groups attached to an aromatic ring is 1. The highest BCUT2D eigenvalue weighted by Gasteiger charge is 2.35. The van der Waals surface area contributed by atoms with Crippen molar-refractivity contribution < 1.29 is 18.4 Å². The maximum absolute atomic E-state index is 12.4. The Hall–Kier alpha value is -1.71. The van der Waals surface area contributed by atoms with Gasteiger partial charge in [-0.2, -0.15) is 4.31 Å². The third-order valence-electron chi connectivity index (χ3n) is 3.34. The minimum atomic E-state index is -3.79. The summed E-state index contributed by atoms with van der Waals surface area (Å²) in [4.78, 5) is 9.91. The number of nitro groups is 1. The lowest BCUT2D eigenvalue weighted by Crippen LogP contribution is -2.37. The SMILES string of the molecule is Nc1cc(S(=O)(=O)N2CCCC2CO)ccc1[N+](=O)[O-]. The van der Waals surface area contributed by atoms with Gasteiger partial charge in [0.25, 0.3) is 5.69 Å². The van der Waals surface area contributed by atoms with Crippen molar-refractivity contribution in [3.8, 4) is 0 Å². The standard InChI is InChI=1S/C11H15N3O5S/c12-10-6-9(3-4-11(10)14(16)17)20(18,19)13-5-1-2-8(13)7-15/h3-4,6,8,15H,1-2,5,7,12H2. The van der Waals surface area contributed by atoms with Crippen LogP contribution in [0.4, 0.5) is 11.4 Å². The Morgan fingerprint density at radius 3 is 2.75 bits per heavy atom. The van der Waals surface area contributed by atoms with Gasteiger partial charge in [-0.3, -0.25) is 10.1 Å². The lowest BCUT2D eigenvalue weighted by atomic mass is 10.2. The molecule has 8 nitrogen and oxygen atoms in total. The number of nitro benzene ring substituents is 1. The number of benzene rings is 1. The van der Waals surface area contributed by atoms with Crippen molar-refractivity contribution in [1.82, 2.24) is 4.31 Å². The predicted molar refractivity (Wildman–Crippen MR) is 71.5 cm³/mol. The van der Waals surface area contributed by atoms with Crippen molar-refractivity contribution in [3.05, 3.63) is 28.3 Å². The molecular formula is C11H15N3O5S. The van der Waals surface area contributed by atoms with Crippen LogP contribution in [0, 0.1) is 10.1 Å². The molecule has 0 saturated carbocycles. The summed E-state index contributed by atoms with van der Waals surface area (Å²) in [7, 11) is -3.79. The molecule has 1 atom stereocenters. The summed E-state index contributed by atoms with van der Waals surface area (Å²) in [6.07, 6.45) is 1.27. The van der Waals surface area contributed by atoms with Gasteiger partial charge >= 0.3 is 0 Å². The largest absolute Gasteiger partial charge is 0.395 e. The van der Waals surface area contributed by atoms with Gasteiger partial charge in [-0.1, -0.05) is 0 Å². The van der Waals surface area contributed by atoms with Crippen LogP contribution in [0.1, 0.15) is 12.8 Å². The molecule has 1 saturated heterocycles. The predicted octanol–water partition coefficient (Wildman–Crippen LogP) is 0.322. The summed E-state index contributed by atoms with van der Waals surface area (Å²) >= 11 is 0. The fourth-order valence-corrected chi connectivity index (χ4v) is 4.02. The van der Waals surface area contributed by atoms with Crippen molar-refractivity contribution in [2.45, 2.75) is 23.8 Å². The normalized spacial score (nSPS) is 20.1. The summed E-state index contributed by atoms with van der Waals surface area (Å²) in [6.45, 7) is 0.0755. The van der Waals surface area contributed by atoms with E-state index in [4.69, 9.17) is 5.73 Å². The minimum absolute atomic E-state index is 0.0963. The second kappa shape index (κ2) is 5.35. The van der Waals surface area contributed by atoms with Gasteiger partial charge in [0.1, 0.15) is 5.69 Å². The zero-order valence-corrected chi connectivity index (χ0v) is 11.4. The molecule has 9 heteroatoms. The molecule has 20 heavy (non-hydrogen) atoms. The maximum atomic E-state index is 12.4. The van der Waals surface area contributed by atoms with Crippen molar-refractivity contribution in [2.75, 3.05) is 18.9 Å². The highest BCUT2D eigenvalue weighted by molar-refractivity contribution is 7.89. The number of nitrogens with zero attached hydrogens (tertiary/aromatic N) is 2. The first kappa shape index (κ1) is 14.7. The smallest absolute Gasteiger partial charge is 0.292 e. The van der Waals surface area contributed by atoms with E-state index in [0.717, 1.165) is 18.2 Å². The molecule has 1 heterocycles. The van der Waals surface area contributed by atoms with Gasteiger partial charge in [-0.25, -0.2) is 8.42 Å². The average molecular weight is 301 g/mol. The van der Waals surface area contributed by atoms with Crippen LogP contribution < -0.4 is 5.73 Å². The average Bonchev–Trinajstić information content (AvgIpc) is 2.87. The van der Waals surface area contributed by atoms with E-state index in [0.29, 0.717) is 19.4 Å². The molecule has 1 aromatic rings. The molecule has 0 amide bonds. The molecule has 1 unspecified atom stereocenters. The van der Waals surface area contributed by atoms with Crippen LogP contribution in [0.25, 0.3) is 0 Å². The van der Waals surface area contributed by atoms with Gasteiger partial charge in [0, 0.05) is 18.7 Å². The molecule has 1 fully saturated rings. The molecular weight excluding hydrogens is 286 g/mol. The summed E-state index contributed by atoms with van der Waals surface area (Å²) < 4.78 is 26.1. The summed E-state index contributed by atoms with van der Waals surface area (Å²) in [6, 6.07) is 2.87. The van der Waals surface area contributed by atoms with E-state index >= 15 is 0 Å². The van der Waals surface area contributed by atoms with Gasteiger partial charge < -0.3 is 10.8 Å². The first-order valence-corrected chi connectivity index (χ1v) is 7.48. The lowest BCUT2D eigenvalue weighted by molar-refractivity contribution is -0.383. The molecule has 0 aromatic heterocycles. The Morgan fingerprint density at radius 2 is 2.20 bits per heavy atom. The number of aliphatic hydroxyl groups is 1. The highest BCUT2D eigenvalue weighted by Crippen LogP contribution is 2.29. The lowest BCUT2D eigenvalue weighted by Gasteiger charge is -2.22. The molecule has 2 rings (SSSR count). The van der Waals surface area contributed by atoms with E-state index in [2.05, 4.69) is 0 Å². The van der Waals surface area contributed by atoms with Crippen molar-refractivity contribution in [1.29, 1.82) is 0 Å². The third-order valence-corrected chi connectivity index (χ3v) is 5.28. The molecule has 0 radical (unpaired) electrons. The van der Waals surface area contributed by atoms with Crippen LogP contribution in [0.15, 0.2) is 23.1 Å². The Kier molecular flexibility index (Phi) is 3.93. The summed E-state index contributed by atoms with van der Waals surface area (Å²) in [5, 5.41) is 19.9. The van der Waals surface area contributed by atoms with Gasteiger partial charge in [0.15, 0.2) is 0 Å². The van der Waals surface area contributed by atoms with Gasteiger partial charge in [-0.15, -0.1) is 0 Å². The van der Waals surface area contributed by atoms with Crippen LogP contribution in [0.5, 0.6) is 0 Å². The van der Waals surface area contributed by atoms with Crippen molar-refractivity contribution in [2.24, 2.45) is 0 Å². The second-order valence-electron chi connectivity index (χ2n) is 4.57. The molecule has 1 aliphatic rings. The molecule has 1 aliphatic heterocycles. The van der Waals surface area contributed by atoms with Crippen LogP contribution in [0.3, 0.4) is 0 Å². The zero-order valence-electron chi connectivity index (χ0n) is 10.6. The summed E-state index contributed by atoms with van der Waals surface area (Å²) in [5.74, 6) is 0. The van der Waals surface area contributed by atoms with E-state index < -0.39 is 21.0 Å². The quantitative estimate of drug-likeness (QED) is 0.468. The van der Waals surface area contributed by atoms with E-state index in [9.17, 15) is 23.6 Å². The van der Waals surface area contributed by atoms with Crippen LogP contribution in [-0.4, -0.2) is 41.9 Å². The Balaban J connectivity index is 2.40. The van der Waals surface area contributed by atoms with Gasteiger partial charge in [0.2, 0.25) is 10.0 Å². The van der Waals surface area contributed by atoms with E-state index in [1.807, 2.05) is 0 Å². The number of hydrogen-bond donors (Lipinski definition) is 2. The molecule has 1 aromatic carbocycles. The van der Waals surface area contributed by atoms with Gasteiger partial charge in [0.05, 0.1) is 16.4 Å². The molecule has 0 bridgehead atoms. The zero-order chi connectivity index (χ0) is 14.9. The second-order valence-corrected chi connectivity index (χ2v) is 6.46. The first-order valence-electron chi connectivity index (χ1n) is 6.04. The van der Waals surface area contributed by atoms with Crippen LogP contribution in [0.2, 0.25) is 0 Å². The highest BCUT2D eigenvalue weighted by atomic mass is 32.2. The number of sulfonamides is 1. The summed E-state index contributed by atoms with van der Waals surface area (Å²) in [5.41, 5.74) is 4.98. The van der Waals surface area contributed by atoms with Crippen LogP contribution >= 0.6 is 0 Å². The Labute approximate surface area is 116 Å². The van der Waals surface area contributed by atoms with Crippen molar-refractivity contribution >= 4 is 21.4 Å². The number of anilines is 1. The number of rotatable bonds is 4. The number of hydrogen-bond acceptors (Lipinski definition) is 6. The monoisotopic (exact) mass is 301 g/mol. The molecule has 0 aliphatic carbocycles. The third kappa shape index (κ3) is 2.47. The fourth-order valence-electron chi connectivity index (χ4n) is 2.30. The Morgan fingerprint density at radius 1 is 1.50 bits per heavy atom. The van der Waals surface area contributed by atoms with E-state index in [-0.39, 0.29) is 22.9 Å². The molecule has 0 spiro atoms. The minimum Gasteiger partial charge on any atom is -0.395 e. The number of aliphatic hydroxyl groups excluding tert-OH is 1. The molecule has 3 N–H and O–H groups in total. The van der Waals surface area contributed by atoms with Crippen LogP contribution in [-0.2, 0) is 10.0 Å². The fraction of sp³-hybridized carbons (Fsp3) is 0.455. The Bertz CT molecular complexity index is 631. The van der Waals surface area contributed by atoms with Crippen molar-refractivity contribution in [3.63, 3.8) is 0 Å². The maximum Gasteiger partial charge on any atom is 0.292 e. The van der Waals surface area contributed by atoms with E-state index in [1.165, 1.54) is 4.31 Å². The first-order chi connectivity index (χ1) is 9.37. The van der Waals surface area contributed by atoms with Gasteiger partial charge in [-0.05, 0) is 25.0 Å². The topological polar surface area (TPSA) is 127 Å².